The highest BCUT2D eigenvalue weighted by Gasteiger charge is 2.28. The molecule has 0 amide bonds. The van der Waals surface area contributed by atoms with E-state index in [1.165, 1.54) is 5.56 Å². The lowest BCUT2D eigenvalue weighted by Gasteiger charge is -2.28. The van der Waals surface area contributed by atoms with Gasteiger partial charge in [-0.05, 0) is 29.5 Å². The molecule has 0 aliphatic carbocycles. The van der Waals surface area contributed by atoms with Crippen molar-refractivity contribution in [2.24, 2.45) is 0 Å². The Balaban J connectivity index is 2.23. The summed E-state index contributed by atoms with van der Waals surface area (Å²) in [5.74, 6) is -0.764. The van der Waals surface area contributed by atoms with E-state index < -0.39 is 12.0 Å². The van der Waals surface area contributed by atoms with Gasteiger partial charge in [-0.15, -0.1) is 0 Å². The number of aliphatic carboxylic acids is 1. The fourth-order valence-corrected chi connectivity index (χ4v) is 2.80. The van der Waals surface area contributed by atoms with E-state index in [-0.39, 0.29) is 5.41 Å². The van der Waals surface area contributed by atoms with E-state index in [4.69, 9.17) is 0 Å². The Labute approximate surface area is 127 Å². The summed E-state index contributed by atoms with van der Waals surface area (Å²) in [4.78, 5) is 13.8. The fraction of sp³-hybridized carbons (Fsp3) is 0.588. The monoisotopic (exact) mass is 290 g/mol. The van der Waals surface area contributed by atoms with Crippen molar-refractivity contribution in [3.63, 3.8) is 0 Å². The van der Waals surface area contributed by atoms with Crippen molar-refractivity contribution in [3.8, 4) is 0 Å². The highest BCUT2D eigenvalue weighted by atomic mass is 16.4. The molecule has 0 radical (unpaired) electrons. The van der Waals surface area contributed by atoms with Gasteiger partial charge in [0.25, 0.3) is 0 Å². The van der Waals surface area contributed by atoms with Crippen molar-refractivity contribution < 1.29 is 9.90 Å². The first-order valence-electron chi connectivity index (χ1n) is 7.67. The SMILES string of the molecule is CC(C)(C)c1ccc(C(C(=O)O)N2CCCNCC2)cc1. The Morgan fingerprint density at radius 1 is 1.19 bits per heavy atom. The van der Waals surface area contributed by atoms with Crippen molar-refractivity contribution in [3.05, 3.63) is 35.4 Å². The second-order valence-electron chi connectivity index (χ2n) is 6.75. The van der Waals surface area contributed by atoms with Crippen molar-refractivity contribution >= 4 is 5.97 Å². The van der Waals surface area contributed by atoms with Gasteiger partial charge in [-0.25, -0.2) is 0 Å². The van der Waals surface area contributed by atoms with E-state index in [0.717, 1.165) is 38.2 Å². The number of carboxylic acids is 1. The topological polar surface area (TPSA) is 52.6 Å². The van der Waals surface area contributed by atoms with Gasteiger partial charge < -0.3 is 10.4 Å². The molecule has 1 atom stereocenters. The zero-order chi connectivity index (χ0) is 15.5. The molecule has 1 unspecified atom stereocenters. The lowest BCUT2D eigenvalue weighted by atomic mass is 9.86. The predicted octanol–water partition coefficient (Wildman–Crippen LogP) is 2.41. The maximum atomic E-state index is 11.7. The summed E-state index contributed by atoms with van der Waals surface area (Å²) in [5, 5.41) is 13.0. The average Bonchev–Trinajstić information content (AvgIpc) is 2.67. The molecule has 2 N–H and O–H groups in total. The molecule has 4 heteroatoms. The molecule has 1 aromatic carbocycles. The van der Waals surface area contributed by atoms with E-state index in [0.29, 0.717) is 0 Å². The maximum Gasteiger partial charge on any atom is 0.325 e. The molecule has 2 rings (SSSR count). The number of rotatable bonds is 3. The van der Waals surface area contributed by atoms with Gasteiger partial charge >= 0.3 is 5.97 Å². The largest absolute Gasteiger partial charge is 0.480 e. The normalized spacial score (nSPS) is 19.0. The van der Waals surface area contributed by atoms with Crippen molar-refractivity contribution in [2.75, 3.05) is 26.2 Å². The second-order valence-corrected chi connectivity index (χ2v) is 6.75. The van der Waals surface area contributed by atoms with Crippen molar-refractivity contribution in [1.29, 1.82) is 0 Å². The van der Waals surface area contributed by atoms with Crippen LogP contribution in [-0.2, 0) is 10.2 Å². The number of carbonyl (C=O) groups is 1. The van der Waals surface area contributed by atoms with Crippen LogP contribution in [0.25, 0.3) is 0 Å². The number of hydrogen-bond donors (Lipinski definition) is 2. The molecule has 0 spiro atoms. The smallest absolute Gasteiger partial charge is 0.325 e. The molecule has 1 heterocycles. The Kier molecular flexibility index (Phi) is 5.01. The van der Waals surface area contributed by atoms with Gasteiger partial charge in [0.2, 0.25) is 0 Å². The molecule has 1 aliphatic heterocycles. The third-order valence-electron chi connectivity index (χ3n) is 4.07. The van der Waals surface area contributed by atoms with Crippen LogP contribution >= 0.6 is 0 Å². The van der Waals surface area contributed by atoms with Crippen molar-refractivity contribution in [1.82, 2.24) is 10.2 Å². The van der Waals surface area contributed by atoms with Gasteiger partial charge in [0.15, 0.2) is 0 Å². The predicted molar refractivity (Wildman–Crippen MR) is 84.6 cm³/mol. The molecule has 0 saturated carbocycles. The average molecular weight is 290 g/mol. The first-order valence-corrected chi connectivity index (χ1v) is 7.67. The van der Waals surface area contributed by atoms with Crippen molar-refractivity contribution in [2.45, 2.75) is 38.6 Å². The molecular weight excluding hydrogens is 264 g/mol. The fourth-order valence-electron chi connectivity index (χ4n) is 2.80. The lowest BCUT2D eigenvalue weighted by molar-refractivity contribution is -0.143. The number of nitrogens with one attached hydrogen (secondary N) is 1. The highest BCUT2D eigenvalue weighted by molar-refractivity contribution is 5.75. The van der Waals surface area contributed by atoms with Crippen LogP contribution in [0.3, 0.4) is 0 Å². The second kappa shape index (κ2) is 6.58. The lowest BCUT2D eigenvalue weighted by Crippen LogP contribution is -2.36. The summed E-state index contributed by atoms with van der Waals surface area (Å²) in [7, 11) is 0. The zero-order valence-corrected chi connectivity index (χ0v) is 13.2. The quantitative estimate of drug-likeness (QED) is 0.897. The molecule has 0 bridgehead atoms. The Morgan fingerprint density at radius 2 is 1.86 bits per heavy atom. The standard InChI is InChI=1S/C17H26N2O2/c1-17(2,3)14-7-5-13(6-8-14)15(16(20)21)19-11-4-9-18-10-12-19/h5-8,15,18H,4,9-12H2,1-3H3,(H,20,21). The van der Waals surface area contributed by atoms with E-state index in [9.17, 15) is 9.90 Å². The zero-order valence-electron chi connectivity index (χ0n) is 13.2. The molecular formula is C17H26N2O2. The van der Waals surface area contributed by atoms with Gasteiger partial charge in [0, 0.05) is 19.6 Å². The minimum atomic E-state index is -0.764. The van der Waals surface area contributed by atoms with Crippen LogP contribution in [0, 0.1) is 0 Å². The minimum absolute atomic E-state index is 0.0871. The third-order valence-corrected chi connectivity index (χ3v) is 4.07. The highest BCUT2D eigenvalue weighted by Crippen LogP contribution is 2.26. The van der Waals surface area contributed by atoms with Gasteiger partial charge in [0.1, 0.15) is 6.04 Å². The van der Waals surface area contributed by atoms with Crippen LogP contribution in [0.2, 0.25) is 0 Å². The van der Waals surface area contributed by atoms with E-state index in [2.05, 4.69) is 43.1 Å². The van der Waals surface area contributed by atoms with Crippen LogP contribution in [-0.4, -0.2) is 42.2 Å². The summed E-state index contributed by atoms with van der Waals surface area (Å²) in [6.07, 6.45) is 0.990. The Hall–Kier alpha value is -1.39. The number of hydrogen-bond acceptors (Lipinski definition) is 3. The van der Waals surface area contributed by atoms with E-state index in [1.54, 1.807) is 0 Å². The first kappa shape index (κ1) is 16.0. The van der Waals surface area contributed by atoms with Crippen LogP contribution in [0.1, 0.15) is 44.4 Å². The molecule has 21 heavy (non-hydrogen) atoms. The minimum Gasteiger partial charge on any atom is -0.480 e. The van der Waals surface area contributed by atoms with Gasteiger partial charge in [-0.2, -0.15) is 0 Å². The third kappa shape index (κ3) is 4.05. The van der Waals surface area contributed by atoms with Crippen LogP contribution in [0.5, 0.6) is 0 Å². The first-order chi connectivity index (χ1) is 9.89. The summed E-state index contributed by atoms with van der Waals surface area (Å²) < 4.78 is 0. The molecule has 116 valence electrons. The van der Waals surface area contributed by atoms with E-state index in [1.807, 2.05) is 12.1 Å². The molecule has 4 nitrogen and oxygen atoms in total. The number of nitrogens with zero attached hydrogens (tertiary/aromatic N) is 1. The summed E-state index contributed by atoms with van der Waals surface area (Å²) >= 11 is 0. The van der Waals surface area contributed by atoms with Gasteiger partial charge in [-0.1, -0.05) is 45.0 Å². The van der Waals surface area contributed by atoms with Crippen LogP contribution in [0.4, 0.5) is 0 Å². The van der Waals surface area contributed by atoms with E-state index >= 15 is 0 Å². The summed E-state index contributed by atoms with van der Waals surface area (Å²) in [6, 6.07) is 7.51. The number of benzene rings is 1. The van der Waals surface area contributed by atoms with Gasteiger partial charge in [0.05, 0.1) is 0 Å². The summed E-state index contributed by atoms with van der Waals surface area (Å²) in [5.41, 5.74) is 2.19. The van der Waals surface area contributed by atoms with Gasteiger partial charge in [-0.3, -0.25) is 9.69 Å². The molecule has 1 aliphatic rings. The Morgan fingerprint density at radius 3 is 2.43 bits per heavy atom. The number of carboxylic acid groups (broad SMARTS) is 1. The van der Waals surface area contributed by atoms with Crippen LogP contribution < -0.4 is 5.32 Å². The summed E-state index contributed by atoms with van der Waals surface area (Å²) in [6.45, 7) is 9.91. The molecule has 0 aromatic heterocycles. The maximum absolute atomic E-state index is 11.7. The van der Waals surface area contributed by atoms with Crippen LogP contribution in [0.15, 0.2) is 24.3 Å². The molecule has 1 aromatic rings. The molecule has 1 fully saturated rings. The Bertz CT molecular complexity index is 469. The molecule has 1 saturated heterocycles.